The van der Waals surface area contributed by atoms with Gasteiger partial charge in [0.1, 0.15) is 5.75 Å². The molecule has 8 heteroatoms. The van der Waals surface area contributed by atoms with Crippen LogP contribution in [0.4, 0.5) is 0 Å². The molecule has 0 radical (unpaired) electrons. The fraction of sp³-hybridized carbons (Fsp3) is 0.471. The smallest absolute Gasteiger partial charge is 0.227 e. The molecule has 1 aromatic heterocycles. The van der Waals surface area contributed by atoms with Crippen molar-refractivity contribution in [3.63, 3.8) is 0 Å². The van der Waals surface area contributed by atoms with Gasteiger partial charge in [-0.2, -0.15) is 4.98 Å². The first-order valence-corrected chi connectivity index (χ1v) is 8.45. The van der Waals surface area contributed by atoms with E-state index in [0.29, 0.717) is 30.6 Å². The number of aromatic nitrogens is 2. The average Bonchev–Trinajstić information content (AvgIpc) is 3.29. The Morgan fingerprint density at radius 2 is 2.16 bits per heavy atom. The van der Waals surface area contributed by atoms with E-state index in [-0.39, 0.29) is 12.1 Å². The number of carbonyl (C=O) groups is 1. The summed E-state index contributed by atoms with van der Waals surface area (Å²) in [7, 11) is 1.62. The second-order valence-electron chi connectivity index (χ2n) is 5.99. The van der Waals surface area contributed by atoms with Gasteiger partial charge in [-0.05, 0) is 37.1 Å². The van der Waals surface area contributed by atoms with Crippen molar-refractivity contribution in [3.05, 3.63) is 30.2 Å². The maximum absolute atomic E-state index is 12.0. The van der Waals surface area contributed by atoms with Crippen LogP contribution in [0.2, 0.25) is 0 Å². The number of aryl methyl sites for hydroxylation is 1. The van der Waals surface area contributed by atoms with Crippen LogP contribution in [0.3, 0.4) is 0 Å². The van der Waals surface area contributed by atoms with E-state index in [4.69, 9.17) is 9.26 Å². The first-order valence-electron chi connectivity index (χ1n) is 8.45. The number of amides is 1. The van der Waals surface area contributed by atoms with Gasteiger partial charge in [-0.3, -0.25) is 10.2 Å². The highest BCUT2D eigenvalue weighted by atomic mass is 16.5. The topological polar surface area (TPSA) is 101 Å². The Balaban J connectivity index is 1.49. The Bertz CT molecular complexity index is 701. The molecule has 0 spiro atoms. The van der Waals surface area contributed by atoms with E-state index in [1.165, 1.54) is 0 Å². The lowest BCUT2D eigenvalue weighted by molar-refractivity contribution is -0.122. The van der Waals surface area contributed by atoms with Crippen molar-refractivity contribution in [2.75, 3.05) is 7.11 Å². The highest BCUT2D eigenvalue weighted by molar-refractivity contribution is 5.76. The predicted octanol–water partition coefficient (Wildman–Crippen LogP) is 1.40. The molecule has 3 N–H and O–H groups in total. The Hall–Kier alpha value is -2.45. The lowest BCUT2D eigenvalue weighted by atomic mass is 10.1. The fourth-order valence-electron chi connectivity index (χ4n) is 2.69. The van der Waals surface area contributed by atoms with E-state index in [2.05, 4.69) is 33.2 Å². The third kappa shape index (κ3) is 4.55. The molecule has 0 bridgehead atoms. The molecular weight excluding hydrogens is 322 g/mol. The van der Waals surface area contributed by atoms with Gasteiger partial charge in [0.25, 0.3) is 0 Å². The zero-order valence-electron chi connectivity index (χ0n) is 14.4. The summed E-state index contributed by atoms with van der Waals surface area (Å²) >= 11 is 0. The van der Waals surface area contributed by atoms with Crippen LogP contribution in [0.15, 0.2) is 28.8 Å². The minimum absolute atomic E-state index is 0.0324. The van der Waals surface area contributed by atoms with Gasteiger partial charge in [0, 0.05) is 24.4 Å². The van der Waals surface area contributed by atoms with Crippen LogP contribution in [0.25, 0.3) is 11.4 Å². The molecule has 134 valence electrons. The predicted molar refractivity (Wildman–Crippen MR) is 91.5 cm³/mol. The van der Waals surface area contributed by atoms with E-state index >= 15 is 0 Å². The molecule has 1 aliphatic rings. The van der Waals surface area contributed by atoms with Gasteiger partial charge >= 0.3 is 0 Å². The first-order chi connectivity index (χ1) is 12.2. The van der Waals surface area contributed by atoms with Crippen molar-refractivity contribution in [2.24, 2.45) is 0 Å². The molecule has 1 amide bonds. The second-order valence-corrected chi connectivity index (χ2v) is 5.99. The van der Waals surface area contributed by atoms with Crippen LogP contribution in [0.5, 0.6) is 5.75 Å². The maximum atomic E-state index is 12.0. The monoisotopic (exact) mass is 345 g/mol. The highest BCUT2D eigenvalue weighted by Crippen LogP contribution is 2.20. The summed E-state index contributed by atoms with van der Waals surface area (Å²) < 4.78 is 10.4. The van der Waals surface area contributed by atoms with Crippen LogP contribution < -0.4 is 20.9 Å². The van der Waals surface area contributed by atoms with Crippen molar-refractivity contribution in [2.45, 2.75) is 44.8 Å². The van der Waals surface area contributed by atoms with Crippen molar-refractivity contribution < 1.29 is 14.1 Å². The van der Waals surface area contributed by atoms with E-state index in [9.17, 15) is 4.79 Å². The number of methoxy groups -OCH3 is 1. The summed E-state index contributed by atoms with van der Waals surface area (Å²) in [6, 6.07) is 7.80. The summed E-state index contributed by atoms with van der Waals surface area (Å²) in [5.41, 5.74) is 7.07. The van der Waals surface area contributed by atoms with Crippen LogP contribution >= 0.6 is 0 Å². The lowest BCUT2D eigenvalue weighted by Crippen LogP contribution is -2.44. The zero-order valence-corrected chi connectivity index (χ0v) is 14.4. The zero-order chi connectivity index (χ0) is 17.6. The standard InChI is InChI=1S/C17H23N5O3/c1-3-12-10-14(21-20-12)18-15(23)8-9-16-19-17(22-25-16)11-4-6-13(24-2)7-5-11/h4-7,12,14,20-21H,3,8-10H2,1-2H3,(H,18,23). The number of nitrogens with zero attached hydrogens (tertiary/aromatic N) is 2. The van der Waals surface area contributed by atoms with Gasteiger partial charge in [0.2, 0.25) is 17.6 Å². The van der Waals surface area contributed by atoms with Gasteiger partial charge in [-0.1, -0.05) is 12.1 Å². The van der Waals surface area contributed by atoms with Crippen LogP contribution in [0.1, 0.15) is 32.1 Å². The van der Waals surface area contributed by atoms with Gasteiger partial charge in [0.05, 0.1) is 13.3 Å². The second kappa shape index (κ2) is 8.09. The number of rotatable bonds is 7. The SMILES string of the molecule is CCC1CC(NC(=O)CCc2nc(-c3ccc(OC)cc3)no2)NN1. The normalized spacial score (nSPS) is 19.8. The largest absolute Gasteiger partial charge is 0.497 e. The molecule has 1 fully saturated rings. The van der Waals surface area contributed by atoms with Crippen molar-refractivity contribution in [3.8, 4) is 17.1 Å². The van der Waals surface area contributed by atoms with Gasteiger partial charge < -0.3 is 14.6 Å². The Morgan fingerprint density at radius 3 is 2.84 bits per heavy atom. The summed E-state index contributed by atoms with van der Waals surface area (Å²) in [5, 5.41) is 6.91. The van der Waals surface area contributed by atoms with Gasteiger partial charge in [0.15, 0.2) is 0 Å². The van der Waals surface area contributed by atoms with Crippen molar-refractivity contribution in [1.29, 1.82) is 0 Å². The van der Waals surface area contributed by atoms with Gasteiger partial charge in [-0.15, -0.1) is 0 Å². The fourth-order valence-corrected chi connectivity index (χ4v) is 2.69. The molecule has 2 unspecified atom stereocenters. The minimum atomic E-state index is -0.0414. The number of hydrogen-bond acceptors (Lipinski definition) is 7. The average molecular weight is 345 g/mol. The van der Waals surface area contributed by atoms with E-state index < -0.39 is 0 Å². The molecule has 2 aromatic rings. The van der Waals surface area contributed by atoms with Gasteiger partial charge in [-0.25, -0.2) is 5.43 Å². The number of hydrazine groups is 1. The third-order valence-electron chi connectivity index (χ3n) is 4.19. The summed E-state index contributed by atoms with van der Waals surface area (Å²) in [5.74, 6) is 1.68. The van der Waals surface area contributed by atoms with Crippen molar-refractivity contribution in [1.82, 2.24) is 26.3 Å². The molecule has 8 nitrogen and oxygen atoms in total. The first kappa shape index (κ1) is 17.4. The van der Waals surface area contributed by atoms with Crippen LogP contribution in [-0.4, -0.2) is 35.4 Å². The molecule has 1 aliphatic heterocycles. The van der Waals surface area contributed by atoms with Crippen LogP contribution in [0, 0.1) is 0 Å². The lowest BCUT2D eigenvalue weighted by Gasteiger charge is -2.11. The molecule has 2 heterocycles. The minimum Gasteiger partial charge on any atom is -0.497 e. The van der Waals surface area contributed by atoms with Crippen LogP contribution in [-0.2, 0) is 11.2 Å². The van der Waals surface area contributed by atoms with Crippen molar-refractivity contribution >= 4 is 5.91 Å². The number of benzene rings is 1. The molecule has 0 saturated carbocycles. The highest BCUT2D eigenvalue weighted by Gasteiger charge is 2.23. The number of hydrogen-bond donors (Lipinski definition) is 3. The summed E-state index contributed by atoms with van der Waals surface area (Å²) in [6.07, 6.45) is 2.58. The quantitative estimate of drug-likeness (QED) is 0.697. The number of carbonyl (C=O) groups excluding carboxylic acids is 1. The Labute approximate surface area is 146 Å². The Morgan fingerprint density at radius 1 is 1.36 bits per heavy atom. The molecule has 3 rings (SSSR count). The third-order valence-corrected chi connectivity index (χ3v) is 4.19. The molecule has 25 heavy (non-hydrogen) atoms. The molecular formula is C17H23N5O3. The summed E-state index contributed by atoms with van der Waals surface area (Å²) in [4.78, 5) is 16.4. The van der Waals surface area contributed by atoms with E-state index in [1.54, 1.807) is 7.11 Å². The number of ether oxygens (including phenoxy) is 1. The van der Waals surface area contributed by atoms with E-state index in [1.807, 2.05) is 24.3 Å². The molecule has 0 aliphatic carbocycles. The Kier molecular flexibility index (Phi) is 5.62. The maximum Gasteiger partial charge on any atom is 0.227 e. The molecule has 1 saturated heterocycles. The molecule has 2 atom stereocenters. The molecule has 1 aromatic carbocycles. The summed E-state index contributed by atoms with van der Waals surface area (Å²) in [6.45, 7) is 2.11. The number of nitrogens with one attached hydrogen (secondary N) is 3. The van der Waals surface area contributed by atoms with E-state index in [0.717, 1.165) is 24.2 Å².